The largest absolute Gasteiger partial charge is 0.455 e. The van der Waals surface area contributed by atoms with Crippen LogP contribution in [0, 0.1) is 0 Å². The molecule has 0 bridgehead atoms. The van der Waals surface area contributed by atoms with Gasteiger partial charge >= 0.3 is 0 Å². The summed E-state index contributed by atoms with van der Waals surface area (Å²) in [6.07, 6.45) is 0. The summed E-state index contributed by atoms with van der Waals surface area (Å²) < 4.78 is 9.20. The lowest BCUT2D eigenvalue weighted by Gasteiger charge is -2.18. The van der Waals surface area contributed by atoms with E-state index in [-0.39, 0.29) is 5.41 Å². The minimum Gasteiger partial charge on any atom is -0.455 e. The monoisotopic (exact) mass is 717 g/mol. The van der Waals surface area contributed by atoms with Gasteiger partial charge in [0.2, 0.25) is 0 Å². The molecule has 2 aromatic heterocycles. The lowest BCUT2D eigenvalue weighted by Crippen LogP contribution is -2.10. The number of hydrogen-bond donors (Lipinski definition) is 0. The summed E-state index contributed by atoms with van der Waals surface area (Å²) in [5.74, 6) is 0. The standard InChI is InChI=1S/C54H39NO/c1-54(2,3)47-25-14-24-45-44-23-13-22-38(52(44)56-53(45)47)36-29-32-49-46(33-36)39-17-11-12-26-48(39)55(49)37-30-27-35(28-31-37)51-42-20-9-7-18-40(42)50(34-15-5-4-6-16-34)41-19-8-10-21-43(41)51/h4-33H,1-3H3. The molecule has 2 heterocycles. The van der Waals surface area contributed by atoms with Crippen molar-refractivity contribution in [1.82, 2.24) is 4.57 Å². The van der Waals surface area contributed by atoms with Crippen molar-refractivity contribution in [1.29, 1.82) is 0 Å². The van der Waals surface area contributed by atoms with Gasteiger partial charge in [-0.1, -0.05) is 172 Å². The van der Waals surface area contributed by atoms with Crippen molar-refractivity contribution in [3.05, 3.63) is 188 Å². The summed E-state index contributed by atoms with van der Waals surface area (Å²) in [4.78, 5) is 0. The lowest BCUT2D eigenvalue weighted by molar-refractivity contribution is 0.573. The number of benzene rings is 9. The molecule has 0 aliphatic rings. The first kappa shape index (κ1) is 32.5. The van der Waals surface area contributed by atoms with E-state index < -0.39 is 0 Å². The highest BCUT2D eigenvalue weighted by Gasteiger charge is 2.23. The fourth-order valence-corrected chi connectivity index (χ4v) is 9.19. The number of fused-ring (bicyclic) bond motifs is 8. The molecule has 11 rings (SSSR count). The van der Waals surface area contributed by atoms with Gasteiger partial charge in [-0.2, -0.15) is 0 Å². The van der Waals surface area contributed by atoms with E-state index in [9.17, 15) is 0 Å². The molecule has 0 saturated carbocycles. The molecule has 0 amide bonds. The Labute approximate surface area is 325 Å². The van der Waals surface area contributed by atoms with E-state index in [0.29, 0.717) is 0 Å². The Morgan fingerprint density at radius 3 is 1.52 bits per heavy atom. The molecule has 0 fully saturated rings. The molecule has 2 heteroatoms. The maximum atomic E-state index is 6.79. The highest BCUT2D eigenvalue weighted by atomic mass is 16.3. The highest BCUT2D eigenvalue weighted by molar-refractivity contribution is 6.21. The van der Waals surface area contributed by atoms with Crippen molar-refractivity contribution in [2.24, 2.45) is 0 Å². The van der Waals surface area contributed by atoms with Crippen molar-refractivity contribution in [2.75, 3.05) is 0 Å². The molecular weight excluding hydrogens is 679 g/mol. The van der Waals surface area contributed by atoms with Crippen LogP contribution in [0.15, 0.2) is 186 Å². The maximum Gasteiger partial charge on any atom is 0.143 e. The van der Waals surface area contributed by atoms with E-state index >= 15 is 0 Å². The zero-order chi connectivity index (χ0) is 37.5. The van der Waals surface area contributed by atoms with Gasteiger partial charge < -0.3 is 8.98 Å². The molecule has 266 valence electrons. The van der Waals surface area contributed by atoms with Crippen LogP contribution in [0.4, 0.5) is 0 Å². The number of rotatable bonds is 4. The summed E-state index contributed by atoms with van der Waals surface area (Å²) >= 11 is 0. The van der Waals surface area contributed by atoms with Gasteiger partial charge in [0.1, 0.15) is 11.2 Å². The highest BCUT2D eigenvalue weighted by Crippen LogP contribution is 2.45. The fourth-order valence-electron chi connectivity index (χ4n) is 9.19. The second kappa shape index (κ2) is 12.3. The molecule has 9 aromatic carbocycles. The van der Waals surface area contributed by atoms with Crippen LogP contribution in [-0.4, -0.2) is 4.57 Å². The molecule has 0 unspecified atom stereocenters. The van der Waals surface area contributed by atoms with E-state index in [1.807, 2.05) is 0 Å². The van der Waals surface area contributed by atoms with Gasteiger partial charge in [-0.25, -0.2) is 0 Å². The van der Waals surface area contributed by atoms with Gasteiger partial charge in [0, 0.05) is 38.4 Å². The van der Waals surface area contributed by atoms with E-state index in [1.165, 1.54) is 76.6 Å². The van der Waals surface area contributed by atoms with Crippen molar-refractivity contribution in [2.45, 2.75) is 26.2 Å². The predicted molar refractivity (Wildman–Crippen MR) is 238 cm³/mol. The molecule has 0 N–H and O–H groups in total. The average molecular weight is 718 g/mol. The summed E-state index contributed by atoms with van der Waals surface area (Å²) in [5.41, 5.74) is 13.9. The lowest BCUT2D eigenvalue weighted by atomic mass is 9.86. The van der Waals surface area contributed by atoms with E-state index in [4.69, 9.17) is 4.42 Å². The molecule has 56 heavy (non-hydrogen) atoms. The van der Waals surface area contributed by atoms with E-state index in [1.54, 1.807) is 0 Å². The van der Waals surface area contributed by atoms with Gasteiger partial charge in [0.25, 0.3) is 0 Å². The Morgan fingerprint density at radius 2 is 0.875 bits per heavy atom. The van der Waals surface area contributed by atoms with Crippen molar-refractivity contribution in [3.63, 3.8) is 0 Å². The second-order valence-electron chi connectivity index (χ2n) is 16.1. The third-order valence-electron chi connectivity index (χ3n) is 11.7. The Morgan fingerprint density at radius 1 is 0.375 bits per heavy atom. The number of para-hydroxylation sites is 3. The second-order valence-corrected chi connectivity index (χ2v) is 16.1. The summed E-state index contributed by atoms with van der Waals surface area (Å²) in [5, 5.41) is 9.83. The van der Waals surface area contributed by atoms with Crippen molar-refractivity contribution in [3.8, 4) is 39.1 Å². The number of furan rings is 1. The average Bonchev–Trinajstić information content (AvgIpc) is 3.78. The first-order valence-electron chi connectivity index (χ1n) is 19.5. The van der Waals surface area contributed by atoms with Gasteiger partial charge in [0.05, 0.1) is 11.0 Å². The van der Waals surface area contributed by atoms with Crippen molar-refractivity contribution < 1.29 is 4.42 Å². The zero-order valence-electron chi connectivity index (χ0n) is 31.7. The summed E-state index contributed by atoms with van der Waals surface area (Å²) in [6.45, 7) is 6.75. The van der Waals surface area contributed by atoms with Crippen molar-refractivity contribution >= 4 is 65.3 Å². The Balaban J connectivity index is 1.07. The van der Waals surface area contributed by atoms with Gasteiger partial charge in [-0.15, -0.1) is 0 Å². The van der Waals surface area contributed by atoms with Crippen LogP contribution in [0.5, 0.6) is 0 Å². The molecule has 0 radical (unpaired) electrons. The molecule has 0 atom stereocenters. The molecular formula is C54H39NO. The number of nitrogens with zero attached hydrogens (tertiary/aromatic N) is 1. The predicted octanol–water partition coefficient (Wildman–Crippen LogP) is 15.3. The van der Waals surface area contributed by atoms with Crippen LogP contribution < -0.4 is 0 Å². The van der Waals surface area contributed by atoms with Crippen LogP contribution >= 0.6 is 0 Å². The minimum atomic E-state index is -0.0267. The molecule has 0 aliphatic heterocycles. The molecule has 0 aliphatic carbocycles. The summed E-state index contributed by atoms with van der Waals surface area (Å²) in [6, 6.07) is 66.4. The maximum absolute atomic E-state index is 6.79. The smallest absolute Gasteiger partial charge is 0.143 e. The Bertz CT molecular complexity index is 3260. The van der Waals surface area contributed by atoms with Crippen LogP contribution in [0.1, 0.15) is 26.3 Å². The molecule has 0 saturated heterocycles. The van der Waals surface area contributed by atoms with Crippen LogP contribution in [-0.2, 0) is 5.41 Å². The SMILES string of the molecule is CC(C)(C)c1cccc2c1oc1c(-c3ccc4c(c3)c3ccccc3n4-c3ccc(-c4c5ccccc5c(-c5ccccc5)c5ccccc45)cc3)cccc12. The molecule has 2 nitrogen and oxygen atoms in total. The van der Waals surface area contributed by atoms with E-state index in [2.05, 4.69) is 207 Å². The van der Waals surface area contributed by atoms with Gasteiger partial charge in [-0.3, -0.25) is 0 Å². The number of hydrogen-bond acceptors (Lipinski definition) is 1. The fraction of sp³-hybridized carbons (Fsp3) is 0.0741. The third kappa shape index (κ3) is 4.89. The molecule has 11 aromatic rings. The zero-order valence-corrected chi connectivity index (χ0v) is 31.7. The van der Waals surface area contributed by atoms with Gasteiger partial charge in [0.15, 0.2) is 0 Å². The topological polar surface area (TPSA) is 18.1 Å². The first-order chi connectivity index (χ1) is 27.4. The molecule has 0 spiro atoms. The number of aromatic nitrogens is 1. The van der Waals surface area contributed by atoms with Crippen LogP contribution in [0.25, 0.3) is 104 Å². The first-order valence-corrected chi connectivity index (χ1v) is 19.5. The Hall–Kier alpha value is -6.90. The minimum absolute atomic E-state index is 0.0267. The van der Waals surface area contributed by atoms with Gasteiger partial charge in [-0.05, 0) is 85.1 Å². The van der Waals surface area contributed by atoms with Crippen LogP contribution in [0.2, 0.25) is 0 Å². The third-order valence-corrected chi connectivity index (χ3v) is 11.7. The van der Waals surface area contributed by atoms with Crippen LogP contribution in [0.3, 0.4) is 0 Å². The normalized spacial score (nSPS) is 12.2. The summed E-state index contributed by atoms with van der Waals surface area (Å²) in [7, 11) is 0. The Kier molecular flexibility index (Phi) is 7.15. The van der Waals surface area contributed by atoms with E-state index in [0.717, 1.165) is 33.4 Å². The quantitative estimate of drug-likeness (QED) is 0.166.